The number of nitrogens with zero attached hydrogens (tertiary/aromatic N) is 2. The topological polar surface area (TPSA) is 46.0 Å². The maximum atomic E-state index is 9.62. The average Bonchev–Trinajstić information content (AvgIpc) is 2.16. The molecule has 1 aromatic heterocycles. The predicted molar refractivity (Wildman–Crippen MR) is 58.9 cm³/mol. The van der Waals surface area contributed by atoms with Crippen molar-refractivity contribution in [2.75, 3.05) is 0 Å². The molecule has 0 unspecified atom stereocenters. The van der Waals surface area contributed by atoms with Gasteiger partial charge in [0.25, 0.3) is 0 Å². The molecule has 0 spiro atoms. The van der Waals surface area contributed by atoms with Crippen LogP contribution in [0.4, 0.5) is 0 Å². The first-order valence-corrected chi connectivity index (χ1v) is 4.84. The van der Waals surface area contributed by atoms with Crippen LogP contribution in [-0.2, 0) is 0 Å². The highest BCUT2D eigenvalue weighted by Gasteiger charge is 2.07. The van der Waals surface area contributed by atoms with Crippen molar-refractivity contribution >= 4 is 11.6 Å². The highest BCUT2D eigenvalue weighted by molar-refractivity contribution is 6.29. The SMILES string of the molecule is Cc1cc(Cl)nc(-c2ccccc2O)n1. The first kappa shape index (κ1) is 9.93. The third-order valence-electron chi connectivity index (χ3n) is 1.97. The van der Waals surface area contributed by atoms with Crippen LogP contribution in [0.25, 0.3) is 11.4 Å². The van der Waals surface area contributed by atoms with Crippen molar-refractivity contribution in [3.63, 3.8) is 0 Å². The van der Waals surface area contributed by atoms with Gasteiger partial charge >= 0.3 is 0 Å². The van der Waals surface area contributed by atoms with Crippen molar-refractivity contribution in [3.05, 3.63) is 41.2 Å². The van der Waals surface area contributed by atoms with Crippen LogP contribution in [0.2, 0.25) is 5.15 Å². The van der Waals surface area contributed by atoms with E-state index in [9.17, 15) is 5.11 Å². The van der Waals surface area contributed by atoms with Crippen molar-refractivity contribution in [1.82, 2.24) is 9.97 Å². The number of phenolic OH excluding ortho intramolecular Hbond substituents is 1. The quantitative estimate of drug-likeness (QED) is 0.752. The normalized spacial score (nSPS) is 10.3. The number of benzene rings is 1. The van der Waals surface area contributed by atoms with Gasteiger partial charge in [-0.1, -0.05) is 23.7 Å². The van der Waals surface area contributed by atoms with Crippen LogP contribution < -0.4 is 0 Å². The third-order valence-corrected chi connectivity index (χ3v) is 2.16. The van der Waals surface area contributed by atoms with E-state index in [1.54, 1.807) is 24.3 Å². The minimum absolute atomic E-state index is 0.152. The predicted octanol–water partition coefficient (Wildman–Crippen LogP) is 2.81. The summed E-state index contributed by atoms with van der Waals surface area (Å²) in [5, 5.41) is 10.00. The first-order valence-electron chi connectivity index (χ1n) is 4.46. The molecule has 0 saturated heterocycles. The molecule has 1 N–H and O–H groups in total. The van der Waals surface area contributed by atoms with Gasteiger partial charge in [0.1, 0.15) is 10.9 Å². The number of phenols is 1. The summed E-state index contributed by atoms with van der Waals surface area (Å²) in [5.41, 5.74) is 1.36. The summed E-state index contributed by atoms with van der Waals surface area (Å²) in [7, 11) is 0. The Labute approximate surface area is 92.4 Å². The summed E-state index contributed by atoms with van der Waals surface area (Å²) in [6.07, 6.45) is 0. The van der Waals surface area contributed by atoms with Gasteiger partial charge in [-0.3, -0.25) is 0 Å². The number of para-hydroxylation sites is 1. The molecule has 0 radical (unpaired) electrons. The van der Waals surface area contributed by atoms with Gasteiger partial charge in [0.2, 0.25) is 0 Å². The van der Waals surface area contributed by atoms with E-state index in [0.29, 0.717) is 16.5 Å². The molecule has 1 heterocycles. The van der Waals surface area contributed by atoms with Crippen LogP contribution in [0.15, 0.2) is 30.3 Å². The second-order valence-electron chi connectivity index (χ2n) is 3.17. The van der Waals surface area contributed by atoms with E-state index in [0.717, 1.165) is 5.69 Å². The minimum Gasteiger partial charge on any atom is -0.507 e. The molecule has 0 aliphatic heterocycles. The van der Waals surface area contributed by atoms with E-state index in [1.165, 1.54) is 0 Å². The molecular weight excluding hydrogens is 212 g/mol. The maximum Gasteiger partial charge on any atom is 0.164 e. The van der Waals surface area contributed by atoms with Gasteiger partial charge in [-0.2, -0.15) is 0 Å². The van der Waals surface area contributed by atoms with Crippen LogP contribution >= 0.6 is 11.6 Å². The summed E-state index contributed by atoms with van der Waals surface area (Å²) >= 11 is 5.82. The molecule has 3 nitrogen and oxygen atoms in total. The highest BCUT2D eigenvalue weighted by Crippen LogP contribution is 2.26. The van der Waals surface area contributed by atoms with E-state index in [-0.39, 0.29) is 5.75 Å². The van der Waals surface area contributed by atoms with Crippen LogP contribution in [0.5, 0.6) is 5.75 Å². The zero-order valence-electron chi connectivity index (χ0n) is 8.11. The van der Waals surface area contributed by atoms with Crippen LogP contribution in [0.3, 0.4) is 0 Å². The van der Waals surface area contributed by atoms with E-state index >= 15 is 0 Å². The first-order chi connectivity index (χ1) is 7.16. The van der Waals surface area contributed by atoms with Gasteiger partial charge in [-0.05, 0) is 25.1 Å². The Kier molecular flexibility index (Phi) is 2.56. The van der Waals surface area contributed by atoms with E-state index in [4.69, 9.17) is 11.6 Å². The molecule has 0 aliphatic carbocycles. The molecule has 2 aromatic rings. The summed E-state index contributed by atoms with van der Waals surface area (Å²) in [6, 6.07) is 8.57. The second-order valence-corrected chi connectivity index (χ2v) is 3.56. The molecule has 1 aromatic carbocycles. The van der Waals surface area contributed by atoms with Crippen molar-refractivity contribution in [1.29, 1.82) is 0 Å². The second kappa shape index (κ2) is 3.87. The Morgan fingerprint density at radius 1 is 1.20 bits per heavy atom. The van der Waals surface area contributed by atoms with Crippen LogP contribution in [0, 0.1) is 6.92 Å². The number of aromatic nitrogens is 2. The van der Waals surface area contributed by atoms with E-state index < -0.39 is 0 Å². The largest absolute Gasteiger partial charge is 0.507 e. The fraction of sp³-hybridized carbons (Fsp3) is 0.0909. The Bertz CT molecular complexity index is 479. The number of halogens is 1. The molecule has 0 bridgehead atoms. The number of hydrogen-bond donors (Lipinski definition) is 1. The number of aryl methyl sites for hydroxylation is 1. The molecule has 0 aliphatic rings. The fourth-order valence-corrected chi connectivity index (χ4v) is 1.55. The summed E-state index contributed by atoms with van der Waals surface area (Å²) in [5.74, 6) is 0.595. The van der Waals surface area contributed by atoms with Gasteiger partial charge in [-0.15, -0.1) is 0 Å². The number of hydrogen-bond acceptors (Lipinski definition) is 3. The zero-order valence-corrected chi connectivity index (χ0v) is 8.86. The Morgan fingerprint density at radius 2 is 1.93 bits per heavy atom. The lowest BCUT2D eigenvalue weighted by molar-refractivity contribution is 0.477. The monoisotopic (exact) mass is 220 g/mol. The smallest absolute Gasteiger partial charge is 0.164 e. The summed E-state index contributed by atoms with van der Waals surface area (Å²) in [6.45, 7) is 1.83. The van der Waals surface area contributed by atoms with Gasteiger partial charge in [-0.25, -0.2) is 9.97 Å². The lowest BCUT2D eigenvalue weighted by Crippen LogP contribution is -1.92. The lowest BCUT2D eigenvalue weighted by Gasteiger charge is -2.03. The van der Waals surface area contributed by atoms with E-state index in [1.807, 2.05) is 13.0 Å². The number of rotatable bonds is 1. The average molecular weight is 221 g/mol. The summed E-state index contributed by atoms with van der Waals surface area (Å²) < 4.78 is 0. The molecule has 0 atom stereocenters. The molecule has 0 amide bonds. The lowest BCUT2D eigenvalue weighted by atomic mass is 10.2. The van der Waals surface area contributed by atoms with Crippen LogP contribution in [-0.4, -0.2) is 15.1 Å². The molecule has 0 fully saturated rings. The molecule has 0 saturated carbocycles. The Balaban J connectivity index is 2.59. The van der Waals surface area contributed by atoms with Gasteiger partial charge in [0, 0.05) is 5.69 Å². The van der Waals surface area contributed by atoms with Gasteiger partial charge < -0.3 is 5.11 Å². The molecule has 2 rings (SSSR count). The molecule has 76 valence electrons. The van der Waals surface area contributed by atoms with Crippen molar-refractivity contribution in [2.45, 2.75) is 6.92 Å². The molecule has 15 heavy (non-hydrogen) atoms. The fourth-order valence-electron chi connectivity index (χ4n) is 1.31. The highest BCUT2D eigenvalue weighted by atomic mass is 35.5. The van der Waals surface area contributed by atoms with Crippen molar-refractivity contribution in [3.8, 4) is 17.1 Å². The molecule has 4 heteroatoms. The van der Waals surface area contributed by atoms with Gasteiger partial charge in [0.05, 0.1) is 5.56 Å². The Hall–Kier alpha value is -1.61. The van der Waals surface area contributed by atoms with Gasteiger partial charge in [0.15, 0.2) is 5.82 Å². The third kappa shape index (κ3) is 2.07. The van der Waals surface area contributed by atoms with Crippen molar-refractivity contribution in [2.24, 2.45) is 0 Å². The Morgan fingerprint density at radius 3 is 2.60 bits per heavy atom. The minimum atomic E-state index is 0.152. The van der Waals surface area contributed by atoms with Crippen LogP contribution in [0.1, 0.15) is 5.69 Å². The molecular formula is C11H9ClN2O. The number of aromatic hydroxyl groups is 1. The maximum absolute atomic E-state index is 9.62. The van der Waals surface area contributed by atoms with Crippen molar-refractivity contribution < 1.29 is 5.11 Å². The summed E-state index contributed by atoms with van der Waals surface area (Å²) in [4.78, 5) is 8.27. The van der Waals surface area contributed by atoms with E-state index in [2.05, 4.69) is 9.97 Å². The standard InChI is InChI=1S/C11H9ClN2O/c1-7-6-10(12)14-11(13-7)8-4-2-3-5-9(8)15/h2-6,15H,1H3. The zero-order chi connectivity index (χ0) is 10.8.